The van der Waals surface area contributed by atoms with Crippen LogP contribution >= 0.6 is 0 Å². The second-order valence-corrected chi connectivity index (χ2v) is 10.3. The largest absolute Gasteiger partial charge is 0.382 e. The number of benzene rings is 1. The van der Waals surface area contributed by atoms with Crippen molar-refractivity contribution in [2.45, 2.75) is 57.0 Å². The number of amides is 1. The van der Waals surface area contributed by atoms with Gasteiger partial charge < -0.3 is 15.8 Å². The van der Waals surface area contributed by atoms with Gasteiger partial charge in [0.15, 0.2) is 0 Å². The van der Waals surface area contributed by atoms with Crippen LogP contribution in [-0.4, -0.2) is 37.5 Å². The average molecular weight is 483 g/mol. The van der Waals surface area contributed by atoms with E-state index in [9.17, 15) is 4.79 Å². The highest BCUT2D eigenvalue weighted by Crippen LogP contribution is 2.50. The van der Waals surface area contributed by atoms with Crippen molar-refractivity contribution < 1.29 is 9.53 Å². The minimum Gasteiger partial charge on any atom is -0.382 e. The van der Waals surface area contributed by atoms with E-state index in [2.05, 4.69) is 33.5 Å². The lowest BCUT2D eigenvalue weighted by atomic mass is 9.66. The lowest BCUT2D eigenvalue weighted by Crippen LogP contribution is -2.52. The molecule has 1 aliphatic carbocycles. The zero-order valence-electron chi connectivity index (χ0n) is 20.6. The van der Waals surface area contributed by atoms with Crippen LogP contribution in [0.1, 0.15) is 61.3 Å². The van der Waals surface area contributed by atoms with Gasteiger partial charge in [0.1, 0.15) is 28.7 Å². The van der Waals surface area contributed by atoms with Crippen LogP contribution in [0, 0.1) is 0 Å². The summed E-state index contributed by atoms with van der Waals surface area (Å²) in [6.45, 7) is 4.94. The van der Waals surface area contributed by atoms with Crippen molar-refractivity contribution in [1.82, 2.24) is 19.4 Å². The maximum atomic E-state index is 12.8. The molecule has 3 aromatic heterocycles. The van der Waals surface area contributed by atoms with Gasteiger partial charge in [0.2, 0.25) is 0 Å². The number of aromatic nitrogens is 4. The molecule has 8 nitrogen and oxygen atoms in total. The SMILES string of the molecule is CCc1ccnc(NC(=O)c2ccc(-c3nc(C45CCC(C)(CC4)OC5)n4ccnc(N)c34)cc2)c1. The number of hydrogen-bond donors (Lipinski definition) is 2. The highest BCUT2D eigenvalue weighted by Gasteiger charge is 2.50. The number of nitrogens with two attached hydrogens (primary N) is 1. The van der Waals surface area contributed by atoms with Crippen LogP contribution in [-0.2, 0) is 16.6 Å². The monoisotopic (exact) mass is 482 g/mol. The zero-order valence-corrected chi connectivity index (χ0v) is 20.6. The summed E-state index contributed by atoms with van der Waals surface area (Å²) in [5, 5.41) is 2.88. The summed E-state index contributed by atoms with van der Waals surface area (Å²) in [4.78, 5) is 26.6. The Morgan fingerprint density at radius 3 is 2.58 bits per heavy atom. The van der Waals surface area contributed by atoms with Crippen molar-refractivity contribution in [1.29, 1.82) is 0 Å². The Morgan fingerprint density at radius 2 is 1.89 bits per heavy atom. The van der Waals surface area contributed by atoms with Crippen molar-refractivity contribution in [3.63, 3.8) is 0 Å². The van der Waals surface area contributed by atoms with Crippen molar-refractivity contribution in [3.05, 3.63) is 71.9 Å². The lowest BCUT2D eigenvalue weighted by molar-refractivity contribution is -0.147. The molecular formula is C28H30N6O2. The molecule has 3 fully saturated rings. The first-order valence-electron chi connectivity index (χ1n) is 12.5. The normalized spacial score (nSPS) is 23.2. The fourth-order valence-electron chi connectivity index (χ4n) is 5.52. The minimum absolute atomic E-state index is 0.0119. The second kappa shape index (κ2) is 8.41. The summed E-state index contributed by atoms with van der Waals surface area (Å²) < 4.78 is 8.36. The first-order chi connectivity index (χ1) is 17.4. The maximum Gasteiger partial charge on any atom is 0.256 e. The molecule has 36 heavy (non-hydrogen) atoms. The van der Waals surface area contributed by atoms with E-state index in [4.69, 9.17) is 15.5 Å². The highest BCUT2D eigenvalue weighted by molar-refractivity contribution is 6.04. The van der Waals surface area contributed by atoms with Gasteiger partial charge in [-0.3, -0.25) is 9.20 Å². The molecule has 2 bridgehead atoms. The molecule has 1 saturated carbocycles. The standard InChI is InChI=1S/C28H30N6O2/c1-3-18-8-13-30-21(16-18)32-25(35)20-6-4-19(5-7-20)22-23-24(29)31-14-15-34(23)26(33-22)28-11-9-27(2,10-12-28)36-17-28/h4-8,13-16H,3,9-12,17H2,1-2H3,(H2,29,31)(H,30,32,35). The molecule has 8 heteroatoms. The number of nitrogens with one attached hydrogen (secondary N) is 1. The van der Waals surface area contributed by atoms with Crippen LogP contribution in [0.25, 0.3) is 16.8 Å². The van der Waals surface area contributed by atoms with Gasteiger partial charge in [-0.1, -0.05) is 19.1 Å². The number of fused-ring (bicyclic) bond motifs is 4. The van der Waals surface area contributed by atoms with E-state index < -0.39 is 0 Å². The van der Waals surface area contributed by atoms with E-state index in [0.717, 1.165) is 60.3 Å². The second-order valence-electron chi connectivity index (χ2n) is 10.3. The third kappa shape index (κ3) is 3.73. The zero-order chi connectivity index (χ0) is 24.9. The summed E-state index contributed by atoms with van der Waals surface area (Å²) >= 11 is 0. The van der Waals surface area contributed by atoms with Crippen molar-refractivity contribution in [2.24, 2.45) is 0 Å². The van der Waals surface area contributed by atoms with Crippen LogP contribution in [0.5, 0.6) is 0 Å². The number of nitrogens with zero attached hydrogens (tertiary/aromatic N) is 4. The number of nitrogen functional groups attached to an aromatic ring is 1. The summed E-state index contributed by atoms with van der Waals surface area (Å²) in [6, 6.07) is 11.3. The number of hydrogen-bond acceptors (Lipinski definition) is 6. The first-order valence-corrected chi connectivity index (χ1v) is 12.5. The highest BCUT2D eigenvalue weighted by atomic mass is 16.5. The van der Waals surface area contributed by atoms with E-state index in [-0.39, 0.29) is 16.9 Å². The Hall–Kier alpha value is -3.78. The van der Waals surface area contributed by atoms with Crippen LogP contribution < -0.4 is 11.1 Å². The Balaban J connectivity index is 1.34. The molecule has 2 aliphatic heterocycles. The fourth-order valence-corrected chi connectivity index (χ4v) is 5.52. The van der Waals surface area contributed by atoms with Crippen molar-refractivity contribution in [3.8, 4) is 11.3 Å². The number of carbonyl (C=O) groups is 1. The average Bonchev–Trinajstić information content (AvgIpc) is 3.31. The molecule has 4 aromatic rings. The maximum absolute atomic E-state index is 12.8. The van der Waals surface area contributed by atoms with Gasteiger partial charge in [-0.25, -0.2) is 15.0 Å². The van der Waals surface area contributed by atoms with E-state index in [1.807, 2.05) is 30.5 Å². The van der Waals surface area contributed by atoms with Crippen LogP contribution in [0.3, 0.4) is 0 Å². The molecule has 2 saturated heterocycles. The Kier molecular flexibility index (Phi) is 5.30. The molecule has 0 spiro atoms. The molecule has 1 aromatic carbocycles. The number of ether oxygens (including phenoxy) is 1. The Labute approximate surface area is 209 Å². The predicted molar refractivity (Wildman–Crippen MR) is 139 cm³/mol. The number of carbonyl (C=O) groups excluding carboxylic acids is 1. The molecule has 0 unspecified atom stereocenters. The topological polar surface area (TPSA) is 107 Å². The number of anilines is 2. The van der Waals surface area contributed by atoms with Gasteiger partial charge in [0.05, 0.1) is 17.6 Å². The van der Waals surface area contributed by atoms with Gasteiger partial charge in [0.25, 0.3) is 5.91 Å². The first kappa shape index (κ1) is 22.7. The molecule has 0 radical (unpaired) electrons. The third-order valence-corrected chi connectivity index (χ3v) is 7.91. The third-order valence-electron chi connectivity index (χ3n) is 7.91. The van der Waals surface area contributed by atoms with E-state index in [1.165, 1.54) is 0 Å². The number of pyridine rings is 1. The summed E-state index contributed by atoms with van der Waals surface area (Å²) in [6.07, 6.45) is 10.4. The molecule has 184 valence electrons. The predicted octanol–water partition coefficient (Wildman–Crippen LogP) is 4.79. The van der Waals surface area contributed by atoms with E-state index in [1.54, 1.807) is 24.5 Å². The van der Waals surface area contributed by atoms with E-state index in [0.29, 0.717) is 23.8 Å². The quantitative estimate of drug-likeness (QED) is 0.424. The summed E-state index contributed by atoms with van der Waals surface area (Å²) in [5.74, 6) is 1.75. The Bertz CT molecular complexity index is 1430. The Morgan fingerprint density at radius 1 is 1.11 bits per heavy atom. The number of rotatable bonds is 5. The van der Waals surface area contributed by atoms with Gasteiger partial charge in [-0.15, -0.1) is 0 Å². The molecule has 7 rings (SSSR count). The van der Waals surface area contributed by atoms with Gasteiger partial charge >= 0.3 is 0 Å². The number of aryl methyl sites for hydroxylation is 1. The lowest BCUT2D eigenvalue weighted by Gasteiger charge is -2.51. The van der Waals surface area contributed by atoms with Gasteiger partial charge in [0, 0.05) is 29.7 Å². The summed E-state index contributed by atoms with van der Waals surface area (Å²) in [5.41, 5.74) is 10.3. The number of imidazole rings is 1. The van der Waals surface area contributed by atoms with Crippen LogP contribution in [0.4, 0.5) is 11.6 Å². The molecule has 0 atom stereocenters. The van der Waals surface area contributed by atoms with Crippen LogP contribution in [0.15, 0.2) is 55.0 Å². The summed E-state index contributed by atoms with van der Waals surface area (Å²) in [7, 11) is 0. The fraction of sp³-hybridized carbons (Fsp3) is 0.357. The van der Waals surface area contributed by atoms with Crippen molar-refractivity contribution in [2.75, 3.05) is 17.7 Å². The van der Waals surface area contributed by atoms with E-state index >= 15 is 0 Å². The van der Waals surface area contributed by atoms with Crippen molar-refractivity contribution >= 4 is 23.1 Å². The molecule has 3 aliphatic rings. The minimum atomic E-state index is -0.206. The molecule has 3 N–H and O–H groups in total. The molecule has 5 heterocycles. The van der Waals surface area contributed by atoms with Crippen LogP contribution in [0.2, 0.25) is 0 Å². The van der Waals surface area contributed by atoms with Gasteiger partial charge in [-0.2, -0.15) is 0 Å². The molecular weight excluding hydrogens is 452 g/mol. The smallest absolute Gasteiger partial charge is 0.256 e. The molecule has 1 amide bonds. The van der Waals surface area contributed by atoms with Gasteiger partial charge in [-0.05, 0) is 68.9 Å².